The van der Waals surface area contributed by atoms with E-state index in [0.29, 0.717) is 5.92 Å². The summed E-state index contributed by atoms with van der Waals surface area (Å²) in [6.45, 7) is 13.8. The standard InChI is InChI=1S/C13H18.C3H8O.C2H6O.Sc/c1-4-8-13(11(2)3)12-9-6-5-7-10-12;1-3(2)4;1-2-3;/h5-7,9-10,13H,2,4,8H2,1,3H3;3-4H,1-2H3;3H,2H2,1H3;. The number of aliphatic hydroxyl groups excluding tert-OH is 2. The van der Waals surface area contributed by atoms with Gasteiger partial charge in [-0.05, 0) is 39.7 Å². The van der Waals surface area contributed by atoms with Crippen LogP contribution < -0.4 is 0 Å². The van der Waals surface area contributed by atoms with Gasteiger partial charge in [0, 0.05) is 44.5 Å². The summed E-state index contributed by atoms with van der Waals surface area (Å²) in [6.07, 6.45) is 2.26. The normalized spacial score (nSPS) is 10.3. The monoisotopic (exact) mass is 325 g/mol. The molecule has 3 heteroatoms. The number of rotatable bonds is 4. The van der Waals surface area contributed by atoms with E-state index in [4.69, 9.17) is 10.2 Å². The molecule has 0 amide bonds. The predicted octanol–water partition coefficient (Wildman–Crippen LogP) is 4.53. The zero-order chi connectivity index (χ0) is 16.0. The Labute approximate surface area is 150 Å². The second-order valence-electron chi connectivity index (χ2n) is 5.01. The summed E-state index contributed by atoms with van der Waals surface area (Å²) >= 11 is 0. The van der Waals surface area contributed by atoms with Gasteiger partial charge in [-0.3, -0.25) is 0 Å². The van der Waals surface area contributed by atoms with Crippen LogP contribution in [0.5, 0.6) is 0 Å². The Hall–Kier alpha value is -0.250. The average Bonchev–Trinajstić information content (AvgIpc) is 2.37. The summed E-state index contributed by atoms with van der Waals surface area (Å²) in [5, 5.41) is 15.6. The molecule has 0 spiro atoms. The zero-order valence-corrected chi connectivity index (χ0v) is 16.1. The largest absolute Gasteiger partial charge is 0.397 e. The molecule has 119 valence electrons. The third-order valence-electron chi connectivity index (χ3n) is 2.37. The van der Waals surface area contributed by atoms with Crippen molar-refractivity contribution in [1.29, 1.82) is 0 Å². The van der Waals surface area contributed by atoms with E-state index in [-0.39, 0.29) is 38.6 Å². The van der Waals surface area contributed by atoms with Crippen LogP contribution in [0.15, 0.2) is 42.5 Å². The van der Waals surface area contributed by atoms with Gasteiger partial charge in [0.15, 0.2) is 0 Å². The Morgan fingerprint density at radius 1 is 1.14 bits per heavy atom. The maximum atomic E-state index is 8.06. The molecule has 21 heavy (non-hydrogen) atoms. The fraction of sp³-hybridized carbons (Fsp3) is 0.556. The minimum absolute atomic E-state index is 0. The molecule has 0 aromatic heterocycles. The third-order valence-corrected chi connectivity index (χ3v) is 2.37. The maximum Gasteiger partial charge on any atom is 0.0483 e. The SMILES string of the molecule is C=C(C)C(CCC)c1ccccc1.CC(C)O.CCO.[Sc]. The molecule has 0 heterocycles. The smallest absolute Gasteiger partial charge is 0.0483 e. The van der Waals surface area contributed by atoms with Crippen molar-refractivity contribution in [1.82, 2.24) is 0 Å². The van der Waals surface area contributed by atoms with Gasteiger partial charge in [0.05, 0.1) is 0 Å². The quantitative estimate of drug-likeness (QED) is 0.799. The fourth-order valence-electron chi connectivity index (χ4n) is 1.67. The van der Waals surface area contributed by atoms with Crippen molar-refractivity contribution in [3.05, 3.63) is 48.0 Å². The van der Waals surface area contributed by atoms with Crippen LogP contribution in [0.4, 0.5) is 0 Å². The molecule has 0 fully saturated rings. The molecule has 0 saturated heterocycles. The molecule has 0 aliphatic heterocycles. The van der Waals surface area contributed by atoms with E-state index in [9.17, 15) is 0 Å². The summed E-state index contributed by atoms with van der Waals surface area (Å²) in [5.41, 5.74) is 2.67. The summed E-state index contributed by atoms with van der Waals surface area (Å²) in [5.74, 6) is 0.547. The maximum absolute atomic E-state index is 8.06. The van der Waals surface area contributed by atoms with E-state index >= 15 is 0 Å². The molecule has 0 saturated carbocycles. The van der Waals surface area contributed by atoms with Gasteiger partial charge in [-0.25, -0.2) is 0 Å². The first-order chi connectivity index (χ1) is 9.40. The predicted molar refractivity (Wildman–Crippen MR) is 89.0 cm³/mol. The van der Waals surface area contributed by atoms with Crippen molar-refractivity contribution < 1.29 is 36.1 Å². The molecule has 1 rings (SSSR count). The third kappa shape index (κ3) is 17.7. The van der Waals surface area contributed by atoms with Gasteiger partial charge in [-0.2, -0.15) is 0 Å². The van der Waals surface area contributed by atoms with Crippen LogP contribution >= 0.6 is 0 Å². The Bertz CT molecular complexity index is 320. The fourth-order valence-corrected chi connectivity index (χ4v) is 1.67. The van der Waals surface area contributed by atoms with Crippen molar-refractivity contribution in [2.75, 3.05) is 6.61 Å². The number of hydrogen-bond donors (Lipinski definition) is 2. The van der Waals surface area contributed by atoms with E-state index in [2.05, 4.69) is 50.8 Å². The summed E-state index contributed by atoms with van der Waals surface area (Å²) in [6, 6.07) is 10.6. The number of allylic oxidation sites excluding steroid dienone is 1. The van der Waals surface area contributed by atoms with Gasteiger partial charge in [-0.15, -0.1) is 0 Å². The Morgan fingerprint density at radius 3 is 1.81 bits per heavy atom. The van der Waals surface area contributed by atoms with E-state index in [1.165, 1.54) is 24.0 Å². The van der Waals surface area contributed by atoms with Crippen molar-refractivity contribution in [3.8, 4) is 0 Å². The van der Waals surface area contributed by atoms with Crippen molar-refractivity contribution in [2.24, 2.45) is 0 Å². The van der Waals surface area contributed by atoms with Gasteiger partial charge < -0.3 is 10.2 Å². The van der Waals surface area contributed by atoms with Crippen LogP contribution in [0.1, 0.15) is 58.9 Å². The second kappa shape index (κ2) is 17.8. The Balaban J connectivity index is -0.000000344. The molecule has 2 nitrogen and oxygen atoms in total. The van der Waals surface area contributed by atoms with Gasteiger partial charge in [0.2, 0.25) is 0 Å². The number of hydrogen-bond acceptors (Lipinski definition) is 2. The Kier molecular flexibility index (Phi) is 21.8. The van der Waals surface area contributed by atoms with E-state index in [1.807, 2.05) is 0 Å². The van der Waals surface area contributed by atoms with Crippen LogP contribution in [0.3, 0.4) is 0 Å². The van der Waals surface area contributed by atoms with Crippen LogP contribution in [0.25, 0.3) is 0 Å². The molecule has 0 aliphatic rings. The topological polar surface area (TPSA) is 40.5 Å². The molecule has 0 bridgehead atoms. The summed E-state index contributed by atoms with van der Waals surface area (Å²) < 4.78 is 0. The van der Waals surface area contributed by atoms with Crippen molar-refractivity contribution in [2.45, 2.75) is 59.5 Å². The van der Waals surface area contributed by atoms with Gasteiger partial charge in [0.25, 0.3) is 0 Å². The van der Waals surface area contributed by atoms with Gasteiger partial charge in [0.1, 0.15) is 0 Å². The zero-order valence-electron chi connectivity index (χ0n) is 14.3. The van der Waals surface area contributed by atoms with Gasteiger partial charge in [-0.1, -0.05) is 55.8 Å². The molecule has 1 unspecified atom stereocenters. The first-order valence-corrected chi connectivity index (χ1v) is 7.39. The second-order valence-corrected chi connectivity index (χ2v) is 5.01. The minimum atomic E-state index is -0.167. The first-order valence-electron chi connectivity index (χ1n) is 7.39. The van der Waals surface area contributed by atoms with Crippen molar-refractivity contribution >= 4 is 0 Å². The van der Waals surface area contributed by atoms with Crippen LogP contribution in [0, 0.1) is 0 Å². The van der Waals surface area contributed by atoms with Crippen molar-refractivity contribution in [3.63, 3.8) is 0 Å². The summed E-state index contributed by atoms with van der Waals surface area (Å²) in [7, 11) is 0. The van der Waals surface area contributed by atoms with Gasteiger partial charge >= 0.3 is 0 Å². The number of benzene rings is 1. The number of aliphatic hydroxyl groups is 2. The molecular formula is C18H32O2Sc. The molecule has 1 aromatic carbocycles. The molecular weight excluding hydrogens is 293 g/mol. The van der Waals surface area contributed by atoms with Crippen LogP contribution in [-0.2, 0) is 25.8 Å². The van der Waals surface area contributed by atoms with Crippen LogP contribution in [-0.4, -0.2) is 22.9 Å². The molecule has 0 aliphatic carbocycles. The average molecular weight is 325 g/mol. The van der Waals surface area contributed by atoms with E-state index in [1.54, 1.807) is 20.8 Å². The van der Waals surface area contributed by atoms with Crippen LogP contribution in [0.2, 0.25) is 0 Å². The molecule has 2 N–H and O–H groups in total. The molecule has 1 aromatic rings. The molecule has 1 radical (unpaired) electrons. The Morgan fingerprint density at radius 2 is 1.52 bits per heavy atom. The van der Waals surface area contributed by atoms with E-state index < -0.39 is 0 Å². The van der Waals surface area contributed by atoms with E-state index in [0.717, 1.165) is 0 Å². The first kappa shape index (κ1) is 25.7. The summed E-state index contributed by atoms with van der Waals surface area (Å²) in [4.78, 5) is 0. The minimum Gasteiger partial charge on any atom is -0.397 e. The molecule has 1 atom stereocenters.